The van der Waals surface area contributed by atoms with Crippen LogP contribution in [-0.2, 0) is 0 Å². The fourth-order valence-corrected chi connectivity index (χ4v) is 2.91. The molecule has 0 aromatic carbocycles. The van der Waals surface area contributed by atoms with Gasteiger partial charge < -0.3 is 0 Å². The van der Waals surface area contributed by atoms with Crippen molar-refractivity contribution >= 4 is 29.6 Å². The van der Waals surface area contributed by atoms with E-state index in [0.29, 0.717) is 5.54 Å². The molecule has 0 saturated carbocycles. The zero-order valence-electron chi connectivity index (χ0n) is 6.60. The standard InChI is InChI=1S/C8H14Cl2Si/c1-3-5-6-7-8(4-2)11(9)10/h3-4,8,11H,1-2,5-7H2. The maximum atomic E-state index is 5.83. The molecule has 0 spiro atoms. The van der Waals surface area contributed by atoms with Gasteiger partial charge in [-0.25, -0.2) is 0 Å². The molecule has 0 aliphatic heterocycles. The van der Waals surface area contributed by atoms with Crippen LogP contribution in [0.15, 0.2) is 25.3 Å². The van der Waals surface area contributed by atoms with E-state index < -0.39 is 7.42 Å². The summed E-state index contributed by atoms with van der Waals surface area (Å²) >= 11 is 11.7. The highest BCUT2D eigenvalue weighted by Crippen LogP contribution is 2.24. The second-order valence-electron chi connectivity index (χ2n) is 2.45. The van der Waals surface area contributed by atoms with Crippen LogP contribution in [0.3, 0.4) is 0 Å². The molecule has 0 nitrogen and oxygen atoms in total. The summed E-state index contributed by atoms with van der Waals surface area (Å²) in [5.74, 6) is 0. The van der Waals surface area contributed by atoms with Gasteiger partial charge in [-0.15, -0.1) is 35.3 Å². The maximum absolute atomic E-state index is 5.83. The Kier molecular flexibility index (Phi) is 7.13. The summed E-state index contributed by atoms with van der Waals surface area (Å²) in [4.78, 5) is 0. The second kappa shape index (κ2) is 6.95. The third-order valence-corrected chi connectivity index (χ3v) is 4.77. The van der Waals surface area contributed by atoms with Gasteiger partial charge in [-0.2, -0.15) is 0 Å². The fraction of sp³-hybridized carbons (Fsp3) is 0.500. The third-order valence-electron chi connectivity index (χ3n) is 1.57. The first-order valence-electron chi connectivity index (χ1n) is 3.74. The van der Waals surface area contributed by atoms with Gasteiger partial charge in [0.2, 0.25) is 7.42 Å². The Bertz CT molecular complexity index is 123. The van der Waals surface area contributed by atoms with Crippen LogP contribution in [-0.4, -0.2) is 7.42 Å². The number of allylic oxidation sites excluding steroid dienone is 2. The van der Waals surface area contributed by atoms with E-state index in [-0.39, 0.29) is 0 Å². The van der Waals surface area contributed by atoms with E-state index in [2.05, 4.69) is 13.2 Å². The Morgan fingerprint density at radius 2 is 2.00 bits per heavy atom. The van der Waals surface area contributed by atoms with Crippen LogP contribution in [0.5, 0.6) is 0 Å². The van der Waals surface area contributed by atoms with Crippen LogP contribution in [0.25, 0.3) is 0 Å². The minimum Gasteiger partial charge on any atom is -0.150 e. The van der Waals surface area contributed by atoms with Gasteiger partial charge in [0.1, 0.15) is 0 Å². The predicted molar refractivity (Wildman–Crippen MR) is 56.9 cm³/mol. The molecular weight excluding hydrogens is 195 g/mol. The molecule has 11 heavy (non-hydrogen) atoms. The SMILES string of the molecule is C=CCCCC(C=C)[SiH](Cl)Cl. The molecule has 1 atom stereocenters. The molecule has 0 rings (SSSR count). The Balaban J connectivity index is 3.51. The highest BCUT2D eigenvalue weighted by atomic mass is 35.7. The topological polar surface area (TPSA) is 0 Å². The molecule has 64 valence electrons. The zero-order chi connectivity index (χ0) is 8.69. The lowest BCUT2D eigenvalue weighted by Crippen LogP contribution is -2.03. The summed E-state index contributed by atoms with van der Waals surface area (Å²) in [7, 11) is -1.54. The summed E-state index contributed by atoms with van der Waals surface area (Å²) in [6.07, 6.45) is 7.00. The van der Waals surface area contributed by atoms with Crippen molar-refractivity contribution in [3.8, 4) is 0 Å². The molecule has 0 N–H and O–H groups in total. The summed E-state index contributed by atoms with van der Waals surface area (Å²) in [6, 6.07) is 0. The van der Waals surface area contributed by atoms with Crippen molar-refractivity contribution < 1.29 is 0 Å². The van der Waals surface area contributed by atoms with Crippen molar-refractivity contribution in [1.82, 2.24) is 0 Å². The van der Waals surface area contributed by atoms with Crippen LogP contribution in [0.4, 0.5) is 0 Å². The number of halogens is 2. The molecule has 0 heterocycles. The lowest BCUT2D eigenvalue weighted by atomic mass is 10.2. The monoisotopic (exact) mass is 208 g/mol. The molecule has 0 saturated heterocycles. The Morgan fingerprint density at radius 1 is 1.36 bits per heavy atom. The van der Waals surface area contributed by atoms with Crippen molar-refractivity contribution in [2.75, 3.05) is 0 Å². The molecule has 3 heteroatoms. The number of unbranched alkanes of at least 4 members (excludes halogenated alkanes) is 1. The third kappa shape index (κ3) is 5.54. The summed E-state index contributed by atoms with van der Waals surface area (Å²) in [5.41, 5.74) is 0.360. The van der Waals surface area contributed by atoms with Gasteiger partial charge in [-0.1, -0.05) is 12.2 Å². The van der Waals surface area contributed by atoms with E-state index in [9.17, 15) is 0 Å². The summed E-state index contributed by atoms with van der Waals surface area (Å²) in [5, 5.41) is 0. The van der Waals surface area contributed by atoms with Crippen LogP contribution in [0.2, 0.25) is 5.54 Å². The smallest absolute Gasteiger partial charge is 0.150 e. The van der Waals surface area contributed by atoms with Crippen molar-refractivity contribution in [2.24, 2.45) is 0 Å². The van der Waals surface area contributed by atoms with Crippen LogP contribution in [0, 0.1) is 0 Å². The molecule has 0 aromatic heterocycles. The van der Waals surface area contributed by atoms with E-state index in [1.807, 2.05) is 12.2 Å². The fourth-order valence-electron chi connectivity index (χ4n) is 0.845. The van der Waals surface area contributed by atoms with Gasteiger partial charge in [0.15, 0.2) is 0 Å². The Morgan fingerprint density at radius 3 is 2.36 bits per heavy atom. The summed E-state index contributed by atoms with van der Waals surface area (Å²) in [6.45, 7) is 7.35. The van der Waals surface area contributed by atoms with Crippen LogP contribution < -0.4 is 0 Å². The number of hydrogen-bond donors (Lipinski definition) is 0. The van der Waals surface area contributed by atoms with E-state index in [0.717, 1.165) is 19.3 Å². The van der Waals surface area contributed by atoms with Crippen LogP contribution >= 0.6 is 22.2 Å². The van der Waals surface area contributed by atoms with Gasteiger partial charge in [0, 0.05) is 0 Å². The Labute approximate surface area is 79.9 Å². The highest BCUT2D eigenvalue weighted by Gasteiger charge is 2.14. The first-order valence-corrected chi connectivity index (χ1v) is 7.89. The van der Waals surface area contributed by atoms with Gasteiger partial charge in [0.25, 0.3) is 0 Å². The van der Waals surface area contributed by atoms with Gasteiger partial charge in [0.05, 0.1) is 0 Å². The number of rotatable bonds is 6. The van der Waals surface area contributed by atoms with E-state index in [4.69, 9.17) is 22.2 Å². The van der Waals surface area contributed by atoms with Crippen molar-refractivity contribution in [1.29, 1.82) is 0 Å². The van der Waals surface area contributed by atoms with Crippen molar-refractivity contribution in [3.63, 3.8) is 0 Å². The summed E-state index contributed by atoms with van der Waals surface area (Å²) < 4.78 is 0. The van der Waals surface area contributed by atoms with Crippen molar-refractivity contribution in [3.05, 3.63) is 25.3 Å². The molecular formula is C8H14Cl2Si. The average molecular weight is 209 g/mol. The molecule has 0 aliphatic rings. The van der Waals surface area contributed by atoms with Gasteiger partial charge in [-0.05, 0) is 24.8 Å². The lowest BCUT2D eigenvalue weighted by molar-refractivity contribution is 0.759. The van der Waals surface area contributed by atoms with E-state index in [1.54, 1.807) is 0 Å². The number of hydrogen-bond acceptors (Lipinski definition) is 0. The molecule has 0 amide bonds. The molecule has 0 fully saturated rings. The minimum absolute atomic E-state index is 0.360. The average Bonchev–Trinajstić information content (AvgIpc) is 1.97. The van der Waals surface area contributed by atoms with Gasteiger partial charge in [-0.3, -0.25) is 0 Å². The quantitative estimate of drug-likeness (QED) is 0.271. The highest BCUT2D eigenvalue weighted by molar-refractivity contribution is 7.34. The molecule has 1 unspecified atom stereocenters. The van der Waals surface area contributed by atoms with E-state index in [1.165, 1.54) is 0 Å². The lowest BCUT2D eigenvalue weighted by Gasteiger charge is -2.09. The van der Waals surface area contributed by atoms with Gasteiger partial charge >= 0.3 is 0 Å². The largest absolute Gasteiger partial charge is 0.243 e. The van der Waals surface area contributed by atoms with E-state index >= 15 is 0 Å². The molecule has 0 bridgehead atoms. The predicted octanol–water partition coefficient (Wildman–Crippen LogP) is 3.60. The first-order chi connectivity index (χ1) is 5.22. The minimum atomic E-state index is -1.54. The molecule has 0 aromatic rings. The molecule has 0 radical (unpaired) electrons. The molecule has 0 aliphatic carbocycles. The first kappa shape index (κ1) is 11.3. The Hall–Kier alpha value is 0.277. The zero-order valence-corrected chi connectivity index (χ0v) is 9.27. The van der Waals surface area contributed by atoms with Crippen LogP contribution in [0.1, 0.15) is 19.3 Å². The van der Waals surface area contributed by atoms with Crippen molar-refractivity contribution in [2.45, 2.75) is 24.8 Å². The normalized spacial score (nSPS) is 13.0. The second-order valence-corrected chi connectivity index (χ2v) is 7.47. The maximum Gasteiger partial charge on any atom is 0.243 e.